The second-order valence-electron chi connectivity index (χ2n) is 4.69. The molecule has 0 aromatic heterocycles. The molecular formula is C17H19BrO. The Balaban J connectivity index is 2.29. The van der Waals surface area contributed by atoms with E-state index in [2.05, 4.69) is 72.2 Å². The van der Waals surface area contributed by atoms with Crippen LogP contribution in [0.3, 0.4) is 0 Å². The van der Waals surface area contributed by atoms with Gasteiger partial charge in [-0.05, 0) is 41.7 Å². The Labute approximate surface area is 123 Å². The Morgan fingerprint density at radius 3 is 2.26 bits per heavy atom. The van der Waals surface area contributed by atoms with Gasteiger partial charge in [0.05, 0.1) is 11.9 Å². The smallest absolute Gasteiger partial charge is 0.122 e. The van der Waals surface area contributed by atoms with Crippen LogP contribution in [0, 0.1) is 6.92 Å². The summed E-state index contributed by atoms with van der Waals surface area (Å²) in [7, 11) is 1.71. The second-order valence-corrected chi connectivity index (χ2v) is 5.60. The quantitative estimate of drug-likeness (QED) is 0.717. The zero-order chi connectivity index (χ0) is 13.8. The lowest BCUT2D eigenvalue weighted by molar-refractivity contribution is 0.411. The minimum Gasteiger partial charge on any atom is -0.496 e. The van der Waals surface area contributed by atoms with Gasteiger partial charge >= 0.3 is 0 Å². The molecule has 2 heteroatoms. The molecule has 0 radical (unpaired) electrons. The topological polar surface area (TPSA) is 9.23 Å². The molecule has 0 aliphatic heterocycles. The molecule has 0 saturated heterocycles. The molecule has 0 bridgehead atoms. The summed E-state index contributed by atoms with van der Waals surface area (Å²) in [5.74, 6) is 0.937. The Morgan fingerprint density at radius 1 is 1.05 bits per heavy atom. The van der Waals surface area contributed by atoms with E-state index in [9.17, 15) is 0 Å². The van der Waals surface area contributed by atoms with Gasteiger partial charge in [0.2, 0.25) is 0 Å². The van der Waals surface area contributed by atoms with Crippen molar-refractivity contribution < 1.29 is 4.74 Å². The molecule has 1 atom stereocenters. The van der Waals surface area contributed by atoms with Crippen LogP contribution in [-0.2, 0) is 6.42 Å². The lowest BCUT2D eigenvalue weighted by atomic mass is 10.0. The lowest BCUT2D eigenvalue weighted by Gasteiger charge is -2.14. The minimum atomic E-state index is 0.202. The SMILES string of the molecule is CCc1ccc(C(Br)c2ccc(C)c(OC)c2)cc1. The molecule has 1 unspecified atom stereocenters. The molecule has 100 valence electrons. The Kier molecular flexibility index (Phi) is 4.65. The summed E-state index contributed by atoms with van der Waals surface area (Å²) >= 11 is 3.77. The van der Waals surface area contributed by atoms with Crippen molar-refractivity contribution in [2.45, 2.75) is 25.1 Å². The molecule has 0 N–H and O–H groups in total. The number of methoxy groups -OCH3 is 1. The molecule has 0 spiro atoms. The number of hydrogen-bond donors (Lipinski definition) is 0. The molecule has 0 amide bonds. The first kappa shape index (κ1) is 14.1. The molecule has 0 aliphatic rings. The van der Waals surface area contributed by atoms with E-state index in [4.69, 9.17) is 4.74 Å². The van der Waals surface area contributed by atoms with Crippen molar-refractivity contribution in [3.8, 4) is 5.75 Å². The summed E-state index contributed by atoms with van der Waals surface area (Å²) in [5, 5.41) is 0. The van der Waals surface area contributed by atoms with Crippen LogP contribution < -0.4 is 4.74 Å². The van der Waals surface area contributed by atoms with Crippen LogP contribution in [0.25, 0.3) is 0 Å². The molecule has 2 rings (SSSR count). The molecule has 1 nitrogen and oxygen atoms in total. The standard InChI is InChI=1S/C17H19BrO/c1-4-13-6-9-14(10-7-13)17(18)15-8-5-12(2)16(11-15)19-3/h5-11,17H,4H2,1-3H3. The van der Waals surface area contributed by atoms with Gasteiger partial charge < -0.3 is 4.74 Å². The number of halogens is 1. The average Bonchev–Trinajstić information content (AvgIpc) is 2.47. The summed E-state index contributed by atoms with van der Waals surface area (Å²) in [6.07, 6.45) is 1.07. The van der Waals surface area contributed by atoms with E-state index >= 15 is 0 Å². The summed E-state index contributed by atoms with van der Waals surface area (Å²) in [6, 6.07) is 15.1. The molecule has 19 heavy (non-hydrogen) atoms. The molecule has 2 aromatic rings. The van der Waals surface area contributed by atoms with E-state index in [1.807, 2.05) is 0 Å². The van der Waals surface area contributed by atoms with Crippen LogP contribution in [0.5, 0.6) is 5.75 Å². The summed E-state index contributed by atoms with van der Waals surface area (Å²) in [6.45, 7) is 4.23. The largest absolute Gasteiger partial charge is 0.496 e. The van der Waals surface area contributed by atoms with Gasteiger partial charge in [0, 0.05) is 0 Å². The van der Waals surface area contributed by atoms with Gasteiger partial charge in [-0.25, -0.2) is 0 Å². The number of alkyl halides is 1. The van der Waals surface area contributed by atoms with Crippen LogP contribution in [0.2, 0.25) is 0 Å². The minimum absolute atomic E-state index is 0.202. The normalized spacial score (nSPS) is 12.2. The third-order valence-electron chi connectivity index (χ3n) is 3.41. The predicted octanol–water partition coefficient (Wildman–Crippen LogP) is 5.05. The lowest BCUT2D eigenvalue weighted by Crippen LogP contribution is -1.95. The van der Waals surface area contributed by atoms with Gasteiger partial charge in [0.25, 0.3) is 0 Å². The van der Waals surface area contributed by atoms with Crippen LogP contribution in [0.4, 0.5) is 0 Å². The molecule has 2 aromatic carbocycles. The molecule has 0 aliphatic carbocycles. The number of ether oxygens (including phenoxy) is 1. The molecular weight excluding hydrogens is 300 g/mol. The van der Waals surface area contributed by atoms with Gasteiger partial charge in [0.1, 0.15) is 5.75 Å². The number of hydrogen-bond acceptors (Lipinski definition) is 1. The van der Waals surface area contributed by atoms with Crippen molar-refractivity contribution in [1.82, 2.24) is 0 Å². The number of rotatable bonds is 4. The number of aryl methyl sites for hydroxylation is 2. The highest BCUT2D eigenvalue weighted by molar-refractivity contribution is 9.09. The van der Waals surface area contributed by atoms with Gasteiger partial charge in [-0.1, -0.05) is 59.3 Å². The van der Waals surface area contributed by atoms with Crippen molar-refractivity contribution in [2.24, 2.45) is 0 Å². The third kappa shape index (κ3) is 3.19. The fourth-order valence-corrected chi connectivity index (χ4v) is 2.70. The van der Waals surface area contributed by atoms with E-state index in [0.717, 1.165) is 17.7 Å². The summed E-state index contributed by atoms with van der Waals surface area (Å²) in [4.78, 5) is 0.202. The number of benzene rings is 2. The maximum Gasteiger partial charge on any atom is 0.122 e. The monoisotopic (exact) mass is 318 g/mol. The van der Waals surface area contributed by atoms with E-state index in [1.54, 1.807) is 7.11 Å². The van der Waals surface area contributed by atoms with E-state index in [0.29, 0.717) is 0 Å². The highest BCUT2D eigenvalue weighted by atomic mass is 79.9. The Hall–Kier alpha value is -1.28. The Bertz CT molecular complexity index is 546. The van der Waals surface area contributed by atoms with Crippen molar-refractivity contribution in [3.05, 3.63) is 64.7 Å². The first-order valence-electron chi connectivity index (χ1n) is 6.53. The zero-order valence-corrected chi connectivity index (χ0v) is 13.2. The van der Waals surface area contributed by atoms with E-state index in [1.165, 1.54) is 16.7 Å². The predicted molar refractivity (Wildman–Crippen MR) is 84.3 cm³/mol. The molecule has 0 heterocycles. The average molecular weight is 319 g/mol. The fraction of sp³-hybridized carbons (Fsp3) is 0.294. The van der Waals surface area contributed by atoms with Crippen LogP contribution >= 0.6 is 15.9 Å². The first-order valence-corrected chi connectivity index (χ1v) is 7.44. The highest BCUT2D eigenvalue weighted by Gasteiger charge is 2.12. The second kappa shape index (κ2) is 6.25. The first-order chi connectivity index (χ1) is 9.15. The summed E-state index contributed by atoms with van der Waals surface area (Å²) < 4.78 is 5.39. The van der Waals surface area contributed by atoms with Crippen molar-refractivity contribution >= 4 is 15.9 Å². The maximum absolute atomic E-state index is 5.39. The zero-order valence-electron chi connectivity index (χ0n) is 11.6. The van der Waals surface area contributed by atoms with Gasteiger partial charge in [0.15, 0.2) is 0 Å². The fourth-order valence-electron chi connectivity index (χ4n) is 2.11. The molecule has 0 saturated carbocycles. The Morgan fingerprint density at radius 2 is 1.68 bits per heavy atom. The van der Waals surface area contributed by atoms with E-state index < -0.39 is 0 Å². The van der Waals surface area contributed by atoms with Gasteiger partial charge in [-0.15, -0.1) is 0 Å². The highest BCUT2D eigenvalue weighted by Crippen LogP contribution is 2.33. The van der Waals surface area contributed by atoms with Crippen molar-refractivity contribution in [1.29, 1.82) is 0 Å². The van der Waals surface area contributed by atoms with Gasteiger partial charge in [-0.3, -0.25) is 0 Å². The van der Waals surface area contributed by atoms with E-state index in [-0.39, 0.29) is 4.83 Å². The van der Waals surface area contributed by atoms with Gasteiger partial charge in [-0.2, -0.15) is 0 Å². The van der Waals surface area contributed by atoms with Crippen LogP contribution in [0.15, 0.2) is 42.5 Å². The molecule has 0 fully saturated rings. The maximum atomic E-state index is 5.39. The van der Waals surface area contributed by atoms with Crippen LogP contribution in [0.1, 0.15) is 34.0 Å². The summed E-state index contributed by atoms with van der Waals surface area (Å²) in [5.41, 5.74) is 5.01. The third-order valence-corrected chi connectivity index (χ3v) is 4.46. The van der Waals surface area contributed by atoms with Crippen molar-refractivity contribution in [3.63, 3.8) is 0 Å². The van der Waals surface area contributed by atoms with Crippen molar-refractivity contribution in [2.75, 3.05) is 7.11 Å². The van der Waals surface area contributed by atoms with Crippen LogP contribution in [-0.4, -0.2) is 7.11 Å².